The van der Waals surface area contributed by atoms with Gasteiger partial charge < -0.3 is 0 Å². The van der Waals surface area contributed by atoms with Crippen molar-refractivity contribution in [1.82, 2.24) is 19.4 Å². The van der Waals surface area contributed by atoms with Gasteiger partial charge in [-0.25, -0.2) is 13.1 Å². The van der Waals surface area contributed by atoms with E-state index in [0.717, 1.165) is 25.9 Å². The van der Waals surface area contributed by atoms with Crippen molar-refractivity contribution in [1.29, 1.82) is 0 Å². The summed E-state index contributed by atoms with van der Waals surface area (Å²) in [5.74, 6) is 0. The normalized spacial score (nSPS) is 18.5. The van der Waals surface area contributed by atoms with E-state index in [2.05, 4.69) is 35.5 Å². The number of hydrogen-bond donors (Lipinski definition) is 1. The Balaban J connectivity index is 2.10. The van der Waals surface area contributed by atoms with Crippen LogP contribution in [0.4, 0.5) is 0 Å². The highest BCUT2D eigenvalue weighted by Gasteiger charge is 2.31. The van der Waals surface area contributed by atoms with E-state index in [4.69, 9.17) is 0 Å². The number of hydrogen-bond acceptors (Lipinski definition) is 4. The summed E-state index contributed by atoms with van der Waals surface area (Å²) < 4.78 is 30.2. The van der Waals surface area contributed by atoms with Gasteiger partial charge in [0.2, 0.25) is 10.0 Å². The summed E-state index contributed by atoms with van der Waals surface area (Å²) in [7, 11) is -3.52. The molecule has 0 aliphatic carbocycles. The van der Waals surface area contributed by atoms with Crippen LogP contribution in [0.3, 0.4) is 0 Å². The average Bonchev–Trinajstić information content (AvgIpc) is 2.73. The highest BCUT2D eigenvalue weighted by molar-refractivity contribution is 7.89. The summed E-state index contributed by atoms with van der Waals surface area (Å²) in [6.45, 7) is 14.6. The zero-order valence-corrected chi connectivity index (χ0v) is 16.0. The van der Waals surface area contributed by atoms with E-state index >= 15 is 0 Å². The van der Waals surface area contributed by atoms with E-state index < -0.39 is 10.0 Å². The standard InChI is InChI=1S/C16H30N4O2S/c1-7-20-13(3)15(12(2)17-20)23(21,22)18-14-8-10-19(11-9-14)16(4,5)6/h14,18H,7-11H2,1-6H3. The number of rotatable bonds is 4. The summed E-state index contributed by atoms with van der Waals surface area (Å²) in [5.41, 5.74) is 1.42. The molecule has 2 rings (SSSR count). The molecule has 23 heavy (non-hydrogen) atoms. The smallest absolute Gasteiger partial charge is 0.244 e. The third-order valence-corrected chi connectivity index (χ3v) is 6.42. The zero-order chi connectivity index (χ0) is 17.4. The molecule has 0 amide bonds. The van der Waals surface area contributed by atoms with Crippen LogP contribution in [0.25, 0.3) is 0 Å². The van der Waals surface area contributed by atoms with Crippen molar-refractivity contribution in [2.75, 3.05) is 13.1 Å². The lowest BCUT2D eigenvalue weighted by Crippen LogP contribution is -2.50. The Kier molecular flexibility index (Phi) is 5.23. The molecule has 0 aromatic carbocycles. The number of aromatic nitrogens is 2. The van der Waals surface area contributed by atoms with Gasteiger partial charge in [0.05, 0.1) is 11.4 Å². The SMILES string of the molecule is CCn1nc(C)c(S(=O)(=O)NC2CCN(C(C)(C)C)CC2)c1C. The monoisotopic (exact) mass is 342 g/mol. The van der Waals surface area contributed by atoms with Crippen LogP contribution in [-0.4, -0.2) is 47.8 Å². The van der Waals surface area contributed by atoms with Crippen LogP contribution in [0.5, 0.6) is 0 Å². The number of likely N-dealkylation sites (tertiary alicyclic amines) is 1. The van der Waals surface area contributed by atoms with Crippen molar-refractivity contribution in [2.45, 2.75) is 77.4 Å². The van der Waals surface area contributed by atoms with Crippen LogP contribution >= 0.6 is 0 Å². The lowest BCUT2D eigenvalue weighted by atomic mass is 9.99. The number of nitrogens with zero attached hydrogens (tertiary/aromatic N) is 3. The van der Waals surface area contributed by atoms with Crippen molar-refractivity contribution in [3.63, 3.8) is 0 Å². The molecule has 1 saturated heterocycles. The number of aryl methyl sites for hydroxylation is 2. The number of nitrogens with one attached hydrogen (secondary N) is 1. The minimum absolute atomic E-state index is 0.00220. The molecule has 0 unspecified atom stereocenters. The number of piperidine rings is 1. The number of sulfonamides is 1. The summed E-state index contributed by atoms with van der Waals surface area (Å²) in [4.78, 5) is 2.75. The maximum Gasteiger partial charge on any atom is 0.244 e. The van der Waals surface area contributed by atoms with E-state index in [1.807, 2.05) is 13.8 Å². The Bertz CT molecular complexity index is 650. The van der Waals surface area contributed by atoms with E-state index in [1.54, 1.807) is 11.6 Å². The summed E-state index contributed by atoms with van der Waals surface area (Å²) in [6.07, 6.45) is 1.69. The van der Waals surface area contributed by atoms with Gasteiger partial charge in [-0.1, -0.05) is 0 Å². The molecule has 0 saturated carbocycles. The lowest BCUT2D eigenvalue weighted by molar-refractivity contribution is 0.100. The average molecular weight is 343 g/mol. The first-order chi connectivity index (χ1) is 10.6. The van der Waals surface area contributed by atoms with Gasteiger partial charge in [0, 0.05) is 31.2 Å². The van der Waals surface area contributed by atoms with Crippen molar-refractivity contribution in [2.24, 2.45) is 0 Å². The summed E-state index contributed by atoms with van der Waals surface area (Å²) in [5, 5.41) is 4.32. The van der Waals surface area contributed by atoms with E-state index in [-0.39, 0.29) is 11.6 Å². The second-order valence-electron chi connectivity index (χ2n) is 7.37. The van der Waals surface area contributed by atoms with Crippen LogP contribution in [0.2, 0.25) is 0 Å². The van der Waals surface area contributed by atoms with Crippen molar-refractivity contribution in [3.05, 3.63) is 11.4 Å². The molecule has 2 heterocycles. The topological polar surface area (TPSA) is 67.2 Å². The fraction of sp³-hybridized carbons (Fsp3) is 0.812. The fourth-order valence-corrected chi connectivity index (χ4v) is 5.04. The van der Waals surface area contributed by atoms with E-state index in [0.29, 0.717) is 22.8 Å². The molecule has 0 spiro atoms. The van der Waals surface area contributed by atoms with E-state index in [9.17, 15) is 8.42 Å². The molecule has 132 valence electrons. The third-order valence-electron chi connectivity index (χ3n) is 4.65. The van der Waals surface area contributed by atoms with Gasteiger partial charge in [-0.05, 0) is 54.4 Å². The summed E-state index contributed by atoms with van der Waals surface area (Å²) in [6, 6.07) is 0.00220. The Morgan fingerprint density at radius 1 is 1.22 bits per heavy atom. The quantitative estimate of drug-likeness (QED) is 0.909. The maximum atomic E-state index is 12.8. The molecule has 1 N–H and O–H groups in total. The first-order valence-electron chi connectivity index (χ1n) is 8.37. The fourth-order valence-electron chi connectivity index (χ4n) is 3.32. The second-order valence-corrected chi connectivity index (χ2v) is 9.02. The molecule has 1 aromatic rings. The van der Waals surface area contributed by atoms with Crippen molar-refractivity contribution < 1.29 is 8.42 Å². The second kappa shape index (κ2) is 6.53. The molecule has 1 aliphatic heterocycles. The first-order valence-corrected chi connectivity index (χ1v) is 9.86. The van der Waals surface area contributed by atoms with E-state index in [1.165, 1.54) is 0 Å². The highest BCUT2D eigenvalue weighted by atomic mass is 32.2. The highest BCUT2D eigenvalue weighted by Crippen LogP contribution is 2.23. The van der Waals surface area contributed by atoms with Gasteiger partial charge >= 0.3 is 0 Å². The van der Waals surface area contributed by atoms with Crippen LogP contribution < -0.4 is 4.72 Å². The molecule has 1 aliphatic rings. The third kappa shape index (κ3) is 3.95. The van der Waals surface area contributed by atoms with Crippen molar-refractivity contribution >= 4 is 10.0 Å². The summed E-state index contributed by atoms with van der Waals surface area (Å²) >= 11 is 0. The molecule has 0 bridgehead atoms. The molecule has 6 nitrogen and oxygen atoms in total. The van der Waals surface area contributed by atoms with Gasteiger partial charge in [0.15, 0.2) is 0 Å². The molecule has 1 fully saturated rings. The lowest BCUT2D eigenvalue weighted by Gasteiger charge is -2.40. The van der Waals surface area contributed by atoms with Crippen LogP contribution in [-0.2, 0) is 16.6 Å². The first kappa shape index (κ1) is 18.4. The van der Waals surface area contributed by atoms with Crippen molar-refractivity contribution in [3.8, 4) is 0 Å². The van der Waals surface area contributed by atoms with Gasteiger partial charge in [-0.2, -0.15) is 5.10 Å². The molecule has 0 radical (unpaired) electrons. The van der Waals surface area contributed by atoms with Gasteiger partial charge in [-0.15, -0.1) is 0 Å². The molecular weight excluding hydrogens is 312 g/mol. The zero-order valence-electron chi connectivity index (χ0n) is 15.2. The Labute approximate surface area is 140 Å². The maximum absolute atomic E-state index is 12.8. The molecule has 0 atom stereocenters. The Hall–Kier alpha value is -0.920. The largest absolute Gasteiger partial charge is 0.298 e. The van der Waals surface area contributed by atoms with Crippen LogP contribution in [0.15, 0.2) is 4.90 Å². The molecule has 1 aromatic heterocycles. The van der Waals surface area contributed by atoms with Gasteiger partial charge in [0.25, 0.3) is 0 Å². The molecular formula is C16H30N4O2S. The van der Waals surface area contributed by atoms with Crippen LogP contribution in [0, 0.1) is 13.8 Å². The van der Waals surface area contributed by atoms with Crippen LogP contribution in [0.1, 0.15) is 51.9 Å². The van der Waals surface area contributed by atoms with Gasteiger partial charge in [0.1, 0.15) is 4.90 Å². The minimum Gasteiger partial charge on any atom is -0.298 e. The molecule has 7 heteroatoms. The predicted molar refractivity (Wildman–Crippen MR) is 92.0 cm³/mol. The Morgan fingerprint density at radius 3 is 2.22 bits per heavy atom. The minimum atomic E-state index is -3.52. The van der Waals surface area contributed by atoms with Gasteiger partial charge in [-0.3, -0.25) is 9.58 Å². The predicted octanol–water partition coefficient (Wildman–Crippen LogP) is 2.06. The Morgan fingerprint density at radius 2 is 1.78 bits per heavy atom.